The maximum Gasteiger partial charge on any atom is 0.358 e. The molecule has 4 rings (SSSR count). The van der Waals surface area contributed by atoms with Crippen LogP contribution in [0, 0.1) is 5.82 Å². The highest BCUT2D eigenvalue weighted by Crippen LogP contribution is 2.26. The third-order valence-corrected chi connectivity index (χ3v) is 4.79. The zero-order valence-corrected chi connectivity index (χ0v) is 15.5. The molecule has 0 aliphatic rings. The second-order valence-corrected chi connectivity index (χ2v) is 6.76. The lowest BCUT2D eigenvalue weighted by Gasteiger charge is -2.07. The number of esters is 1. The van der Waals surface area contributed by atoms with Gasteiger partial charge in [0.1, 0.15) is 10.8 Å². The molecule has 8 heteroatoms. The first-order valence-electron chi connectivity index (χ1n) is 8.41. The molecule has 0 fully saturated rings. The van der Waals surface area contributed by atoms with Crippen LogP contribution in [0.2, 0.25) is 0 Å². The Morgan fingerprint density at radius 2 is 1.82 bits per heavy atom. The summed E-state index contributed by atoms with van der Waals surface area (Å²) in [5, 5.41) is 10.1. The van der Waals surface area contributed by atoms with Gasteiger partial charge < -0.3 is 9.15 Å². The van der Waals surface area contributed by atoms with Crippen molar-refractivity contribution in [3.63, 3.8) is 0 Å². The van der Waals surface area contributed by atoms with Crippen molar-refractivity contribution in [3.05, 3.63) is 77.4 Å². The smallest absolute Gasteiger partial charge is 0.358 e. The van der Waals surface area contributed by atoms with Crippen LogP contribution >= 0.6 is 11.3 Å². The number of benzene rings is 2. The van der Waals surface area contributed by atoms with Crippen LogP contribution in [-0.2, 0) is 4.74 Å². The molecular weight excluding hydrogens is 381 g/mol. The lowest BCUT2D eigenvalue weighted by Crippen LogP contribution is -2.10. The van der Waals surface area contributed by atoms with Crippen LogP contribution in [0.15, 0.2) is 64.4 Å². The molecule has 0 saturated carbocycles. The second-order valence-electron chi connectivity index (χ2n) is 5.90. The molecular formula is C20H14FN3O3S. The van der Waals surface area contributed by atoms with Crippen LogP contribution in [0.3, 0.4) is 0 Å². The fourth-order valence-electron chi connectivity index (χ4n) is 2.46. The monoisotopic (exact) mass is 395 g/mol. The first kappa shape index (κ1) is 18.0. The molecule has 28 heavy (non-hydrogen) atoms. The largest absolute Gasteiger partial charge is 0.448 e. The molecule has 0 saturated heterocycles. The number of rotatable bonds is 5. The summed E-state index contributed by atoms with van der Waals surface area (Å²) >= 11 is 1.28. The zero-order valence-electron chi connectivity index (χ0n) is 14.7. The van der Waals surface area contributed by atoms with E-state index in [1.54, 1.807) is 24.4 Å². The van der Waals surface area contributed by atoms with Crippen LogP contribution in [0.4, 0.5) is 4.39 Å². The van der Waals surface area contributed by atoms with Crippen molar-refractivity contribution in [2.75, 3.05) is 0 Å². The molecule has 0 amide bonds. The number of thiazole rings is 1. The van der Waals surface area contributed by atoms with E-state index in [2.05, 4.69) is 15.2 Å². The van der Waals surface area contributed by atoms with Gasteiger partial charge in [-0.25, -0.2) is 14.2 Å². The number of ether oxygens (including phenoxy) is 1. The fourth-order valence-corrected chi connectivity index (χ4v) is 3.26. The molecule has 6 nitrogen and oxygen atoms in total. The predicted molar refractivity (Wildman–Crippen MR) is 101 cm³/mol. The van der Waals surface area contributed by atoms with Gasteiger partial charge in [-0.15, -0.1) is 21.5 Å². The normalized spacial score (nSPS) is 11.9. The van der Waals surface area contributed by atoms with Crippen molar-refractivity contribution < 1.29 is 18.3 Å². The average molecular weight is 395 g/mol. The summed E-state index contributed by atoms with van der Waals surface area (Å²) in [5.41, 5.74) is 1.67. The highest BCUT2D eigenvalue weighted by atomic mass is 32.1. The number of halogens is 1. The van der Waals surface area contributed by atoms with Gasteiger partial charge in [-0.1, -0.05) is 18.2 Å². The van der Waals surface area contributed by atoms with Gasteiger partial charge in [0.25, 0.3) is 5.89 Å². The van der Waals surface area contributed by atoms with Crippen LogP contribution in [-0.4, -0.2) is 21.2 Å². The van der Waals surface area contributed by atoms with E-state index < -0.39 is 12.1 Å². The lowest BCUT2D eigenvalue weighted by molar-refractivity contribution is 0.0274. The fraction of sp³-hybridized carbons (Fsp3) is 0.100. The summed E-state index contributed by atoms with van der Waals surface area (Å²) in [4.78, 5) is 16.6. The molecule has 0 aliphatic carbocycles. The SMILES string of the molecule is C[C@@H](OC(=O)c1csc(-c2ccc(F)cc2)n1)c1nnc(-c2ccccc2)o1. The van der Waals surface area contributed by atoms with Crippen LogP contribution in [0.5, 0.6) is 0 Å². The summed E-state index contributed by atoms with van der Waals surface area (Å²) in [6.07, 6.45) is -0.728. The average Bonchev–Trinajstić information content (AvgIpc) is 3.39. The molecule has 2 heterocycles. The molecule has 1 atom stereocenters. The van der Waals surface area contributed by atoms with Gasteiger partial charge in [-0.3, -0.25) is 0 Å². The number of hydrogen-bond acceptors (Lipinski definition) is 7. The Bertz CT molecular complexity index is 1090. The van der Waals surface area contributed by atoms with Crippen LogP contribution < -0.4 is 0 Å². The van der Waals surface area contributed by atoms with E-state index in [4.69, 9.17) is 9.15 Å². The predicted octanol–water partition coefficient (Wildman–Crippen LogP) is 4.92. The number of carbonyl (C=O) groups is 1. The minimum absolute atomic E-state index is 0.166. The minimum Gasteiger partial charge on any atom is -0.448 e. The van der Waals surface area contributed by atoms with Crippen molar-refractivity contribution in [2.24, 2.45) is 0 Å². The molecule has 2 aromatic heterocycles. The maximum absolute atomic E-state index is 13.0. The maximum atomic E-state index is 13.0. The van der Waals surface area contributed by atoms with Gasteiger partial charge in [-0.05, 0) is 43.3 Å². The van der Waals surface area contributed by atoms with E-state index in [1.807, 2.05) is 30.3 Å². The highest BCUT2D eigenvalue weighted by Gasteiger charge is 2.21. The van der Waals surface area contributed by atoms with Gasteiger partial charge >= 0.3 is 5.97 Å². The number of hydrogen-bond donors (Lipinski definition) is 0. The number of aromatic nitrogens is 3. The van der Waals surface area contributed by atoms with E-state index in [0.717, 1.165) is 11.1 Å². The Balaban J connectivity index is 1.45. The topological polar surface area (TPSA) is 78.1 Å². The Labute approximate surface area is 163 Å². The summed E-state index contributed by atoms with van der Waals surface area (Å²) in [5.74, 6) is -0.383. The Kier molecular flexibility index (Phi) is 4.94. The highest BCUT2D eigenvalue weighted by molar-refractivity contribution is 7.13. The van der Waals surface area contributed by atoms with E-state index in [-0.39, 0.29) is 17.4 Å². The van der Waals surface area contributed by atoms with E-state index in [0.29, 0.717) is 10.9 Å². The van der Waals surface area contributed by atoms with Crippen molar-refractivity contribution in [1.29, 1.82) is 0 Å². The molecule has 0 unspecified atom stereocenters. The minimum atomic E-state index is -0.728. The van der Waals surface area contributed by atoms with Gasteiger partial charge in [0.2, 0.25) is 5.89 Å². The summed E-state index contributed by atoms with van der Waals surface area (Å²) in [7, 11) is 0. The Hall–Kier alpha value is -3.39. The zero-order chi connectivity index (χ0) is 19.5. The standard InChI is InChI=1S/C20H14FN3O3S/c1-12(17-23-24-18(27-17)13-5-3-2-4-6-13)26-20(25)16-11-28-19(22-16)14-7-9-15(21)10-8-14/h2-12H,1H3/t12-/m1/s1. The lowest BCUT2D eigenvalue weighted by atomic mass is 10.2. The molecule has 0 spiro atoms. The van der Waals surface area contributed by atoms with E-state index in [9.17, 15) is 9.18 Å². The molecule has 0 aliphatic heterocycles. The summed E-state index contributed by atoms with van der Waals surface area (Å²) in [6, 6.07) is 15.2. The van der Waals surface area contributed by atoms with Crippen molar-refractivity contribution in [1.82, 2.24) is 15.2 Å². The molecule has 0 bridgehead atoms. The second kappa shape index (κ2) is 7.69. The van der Waals surface area contributed by atoms with Gasteiger partial charge in [0.05, 0.1) is 0 Å². The van der Waals surface area contributed by atoms with Gasteiger partial charge in [0.15, 0.2) is 11.8 Å². The van der Waals surface area contributed by atoms with Crippen LogP contribution in [0.1, 0.15) is 29.4 Å². The van der Waals surface area contributed by atoms with Crippen molar-refractivity contribution >= 4 is 17.3 Å². The van der Waals surface area contributed by atoms with Gasteiger partial charge in [-0.2, -0.15) is 0 Å². The Morgan fingerprint density at radius 3 is 2.57 bits per heavy atom. The first-order chi connectivity index (χ1) is 13.6. The van der Waals surface area contributed by atoms with Gasteiger partial charge in [0, 0.05) is 16.5 Å². The Morgan fingerprint density at radius 1 is 1.07 bits per heavy atom. The first-order valence-corrected chi connectivity index (χ1v) is 9.29. The third-order valence-electron chi connectivity index (χ3n) is 3.90. The van der Waals surface area contributed by atoms with Crippen molar-refractivity contribution in [2.45, 2.75) is 13.0 Å². The quantitative estimate of drug-likeness (QED) is 0.447. The molecule has 0 radical (unpaired) electrons. The number of carbonyl (C=O) groups excluding carboxylic acids is 1. The summed E-state index contributed by atoms with van der Waals surface area (Å²) < 4.78 is 24.0. The van der Waals surface area contributed by atoms with Crippen molar-refractivity contribution in [3.8, 4) is 22.0 Å². The van der Waals surface area contributed by atoms with Crippen LogP contribution in [0.25, 0.3) is 22.0 Å². The number of nitrogens with zero attached hydrogens (tertiary/aromatic N) is 3. The summed E-state index contributed by atoms with van der Waals surface area (Å²) in [6.45, 7) is 1.65. The van der Waals surface area contributed by atoms with E-state index >= 15 is 0 Å². The van der Waals surface area contributed by atoms with E-state index in [1.165, 1.54) is 23.5 Å². The third kappa shape index (κ3) is 3.81. The molecule has 0 N–H and O–H groups in total. The molecule has 4 aromatic rings. The molecule has 2 aromatic carbocycles. The molecule has 140 valence electrons.